The number of benzene rings is 1. The summed E-state index contributed by atoms with van der Waals surface area (Å²) in [5.41, 5.74) is 4.82. The van der Waals surface area contributed by atoms with Crippen LogP contribution >= 0.6 is 0 Å². The lowest BCUT2D eigenvalue weighted by molar-refractivity contribution is 0.414. The predicted octanol–water partition coefficient (Wildman–Crippen LogP) is 3.37. The van der Waals surface area contributed by atoms with Gasteiger partial charge in [-0.1, -0.05) is 6.07 Å². The van der Waals surface area contributed by atoms with Gasteiger partial charge in [-0.25, -0.2) is 0 Å². The second-order valence-corrected chi connectivity index (χ2v) is 3.88. The lowest BCUT2D eigenvalue weighted by Crippen LogP contribution is -1.91. The highest BCUT2D eigenvalue weighted by Crippen LogP contribution is 2.30. The largest absolute Gasteiger partial charge is 0.497 e. The molecule has 0 amide bonds. The van der Waals surface area contributed by atoms with Crippen molar-refractivity contribution in [3.63, 3.8) is 0 Å². The fraction of sp³-hybridized carbons (Fsp3) is 0.214. The first-order valence-electron chi connectivity index (χ1n) is 5.28. The molecule has 0 spiro atoms. The Morgan fingerprint density at radius 1 is 1.12 bits per heavy atom. The maximum Gasteiger partial charge on any atom is 0.119 e. The van der Waals surface area contributed by atoms with Crippen molar-refractivity contribution >= 4 is 0 Å². The van der Waals surface area contributed by atoms with E-state index >= 15 is 0 Å². The minimum Gasteiger partial charge on any atom is -0.497 e. The Balaban J connectivity index is 2.58. The summed E-state index contributed by atoms with van der Waals surface area (Å²) in [5, 5.41) is 0. The average molecular weight is 213 g/mol. The van der Waals surface area contributed by atoms with Crippen LogP contribution < -0.4 is 4.74 Å². The van der Waals surface area contributed by atoms with Gasteiger partial charge in [0.25, 0.3) is 0 Å². The van der Waals surface area contributed by atoms with Crippen molar-refractivity contribution in [2.24, 2.45) is 0 Å². The second-order valence-electron chi connectivity index (χ2n) is 3.88. The van der Waals surface area contributed by atoms with Gasteiger partial charge in [0.15, 0.2) is 0 Å². The van der Waals surface area contributed by atoms with Crippen LogP contribution in [-0.2, 0) is 0 Å². The third-order valence-electron chi connectivity index (χ3n) is 2.69. The zero-order valence-corrected chi connectivity index (χ0v) is 9.82. The van der Waals surface area contributed by atoms with Crippen LogP contribution in [0.15, 0.2) is 36.7 Å². The Bertz CT molecular complexity index is 468. The van der Waals surface area contributed by atoms with Gasteiger partial charge in [0, 0.05) is 18.0 Å². The van der Waals surface area contributed by atoms with Crippen LogP contribution in [-0.4, -0.2) is 12.1 Å². The topological polar surface area (TPSA) is 22.1 Å². The molecule has 1 heterocycles. The molecular weight excluding hydrogens is 198 g/mol. The fourth-order valence-electron chi connectivity index (χ4n) is 2.01. The first kappa shape index (κ1) is 10.7. The van der Waals surface area contributed by atoms with Crippen LogP contribution in [0.3, 0.4) is 0 Å². The van der Waals surface area contributed by atoms with E-state index in [4.69, 9.17) is 4.74 Å². The van der Waals surface area contributed by atoms with Crippen molar-refractivity contribution < 1.29 is 4.74 Å². The number of rotatable bonds is 2. The minimum absolute atomic E-state index is 0.905. The van der Waals surface area contributed by atoms with Gasteiger partial charge in [0.05, 0.1) is 7.11 Å². The Morgan fingerprint density at radius 2 is 1.81 bits per heavy atom. The number of aromatic nitrogens is 1. The molecule has 2 heteroatoms. The molecular formula is C14H15NO. The molecule has 0 radical (unpaired) electrons. The van der Waals surface area contributed by atoms with Crippen molar-refractivity contribution in [2.75, 3.05) is 7.11 Å². The molecule has 0 aliphatic carbocycles. The molecule has 0 aliphatic heterocycles. The van der Waals surface area contributed by atoms with Crippen LogP contribution in [0.4, 0.5) is 0 Å². The highest BCUT2D eigenvalue weighted by atomic mass is 16.5. The van der Waals surface area contributed by atoms with E-state index in [1.165, 1.54) is 16.7 Å². The summed E-state index contributed by atoms with van der Waals surface area (Å²) in [6.07, 6.45) is 3.68. The summed E-state index contributed by atoms with van der Waals surface area (Å²) in [7, 11) is 1.69. The summed E-state index contributed by atoms with van der Waals surface area (Å²) in [6, 6.07) is 8.14. The summed E-state index contributed by atoms with van der Waals surface area (Å²) in [4.78, 5) is 4.15. The quantitative estimate of drug-likeness (QED) is 0.763. The number of aryl methyl sites for hydroxylation is 2. The number of ether oxygens (including phenoxy) is 1. The fourth-order valence-corrected chi connectivity index (χ4v) is 2.01. The maximum absolute atomic E-state index is 5.25. The molecule has 2 rings (SSSR count). The van der Waals surface area contributed by atoms with Gasteiger partial charge in [-0.2, -0.15) is 0 Å². The summed E-state index contributed by atoms with van der Waals surface area (Å²) in [5.74, 6) is 0.905. The normalized spacial score (nSPS) is 10.2. The molecule has 0 saturated heterocycles. The monoisotopic (exact) mass is 213 g/mol. The Morgan fingerprint density at radius 3 is 2.31 bits per heavy atom. The highest BCUT2D eigenvalue weighted by Gasteiger charge is 2.07. The van der Waals surface area contributed by atoms with Crippen LogP contribution in [0.2, 0.25) is 0 Å². The number of methoxy groups -OCH3 is 1. The van der Waals surface area contributed by atoms with E-state index in [-0.39, 0.29) is 0 Å². The molecule has 0 atom stereocenters. The van der Waals surface area contributed by atoms with Gasteiger partial charge in [0.2, 0.25) is 0 Å². The maximum atomic E-state index is 5.25. The molecule has 0 N–H and O–H groups in total. The summed E-state index contributed by atoms with van der Waals surface area (Å²) >= 11 is 0. The lowest BCUT2D eigenvalue weighted by Gasteiger charge is -2.11. The Hall–Kier alpha value is -1.83. The van der Waals surface area contributed by atoms with E-state index in [2.05, 4.69) is 37.0 Å². The molecule has 0 saturated carbocycles. The molecule has 0 aliphatic rings. The minimum atomic E-state index is 0.905. The molecule has 1 aromatic heterocycles. The van der Waals surface area contributed by atoms with E-state index < -0.39 is 0 Å². The number of nitrogens with zero attached hydrogens (tertiary/aromatic N) is 1. The Kier molecular flexibility index (Phi) is 2.91. The zero-order valence-electron chi connectivity index (χ0n) is 9.82. The van der Waals surface area contributed by atoms with E-state index in [1.54, 1.807) is 13.3 Å². The van der Waals surface area contributed by atoms with Gasteiger partial charge in [0.1, 0.15) is 5.75 Å². The molecule has 0 fully saturated rings. The van der Waals surface area contributed by atoms with Crippen molar-refractivity contribution in [3.05, 3.63) is 47.8 Å². The Labute approximate surface area is 95.9 Å². The van der Waals surface area contributed by atoms with Gasteiger partial charge in [-0.15, -0.1) is 0 Å². The molecule has 2 aromatic rings. The van der Waals surface area contributed by atoms with Gasteiger partial charge in [-0.05, 0) is 48.7 Å². The molecule has 1 aromatic carbocycles. The first-order chi connectivity index (χ1) is 7.72. The molecule has 82 valence electrons. The van der Waals surface area contributed by atoms with Crippen LogP contribution in [0.25, 0.3) is 11.1 Å². The standard InChI is InChI=1S/C14H15NO/c1-10-7-13(16-3)8-11(2)14(10)12-5-4-6-15-9-12/h4-9H,1-3H3. The molecule has 2 nitrogen and oxygen atoms in total. The average Bonchev–Trinajstić information content (AvgIpc) is 2.29. The smallest absolute Gasteiger partial charge is 0.119 e. The van der Waals surface area contributed by atoms with Crippen LogP contribution in [0, 0.1) is 13.8 Å². The lowest BCUT2D eigenvalue weighted by atomic mass is 9.97. The number of hydrogen-bond acceptors (Lipinski definition) is 2. The van der Waals surface area contributed by atoms with Gasteiger partial charge in [-0.3, -0.25) is 4.98 Å². The van der Waals surface area contributed by atoms with Crippen molar-refractivity contribution in [1.29, 1.82) is 0 Å². The second kappa shape index (κ2) is 4.35. The van der Waals surface area contributed by atoms with E-state index in [9.17, 15) is 0 Å². The van der Waals surface area contributed by atoms with Gasteiger partial charge < -0.3 is 4.74 Å². The highest BCUT2D eigenvalue weighted by molar-refractivity contribution is 5.71. The first-order valence-corrected chi connectivity index (χ1v) is 5.28. The third-order valence-corrected chi connectivity index (χ3v) is 2.69. The molecule has 0 bridgehead atoms. The number of hydrogen-bond donors (Lipinski definition) is 0. The van der Waals surface area contributed by atoms with E-state index in [0.29, 0.717) is 0 Å². The molecule has 16 heavy (non-hydrogen) atoms. The molecule has 0 unspecified atom stereocenters. The summed E-state index contributed by atoms with van der Waals surface area (Å²) in [6.45, 7) is 4.19. The zero-order chi connectivity index (χ0) is 11.5. The van der Waals surface area contributed by atoms with Crippen molar-refractivity contribution in [2.45, 2.75) is 13.8 Å². The van der Waals surface area contributed by atoms with E-state index in [0.717, 1.165) is 11.3 Å². The van der Waals surface area contributed by atoms with Crippen molar-refractivity contribution in [3.8, 4) is 16.9 Å². The van der Waals surface area contributed by atoms with Crippen LogP contribution in [0.5, 0.6) is 5.75 Å². The van der Waals surface area contributed by atoms with Crippen LogP contribution in [0.1, 0.15) is 11.1 Å². The van der Waals surface area contributed by atoms with Crippen molar-refractivity contribution in [1.82, 2.24) is 4.98 Å². The number of pyridine rings is 1. The van der Waals surface area contributed by atoms with Gasteiger partial charge >= 0.3 is 0 Å². The van der Waals surface area contributed by atoms with E-state index in [1.807, 2.05) is 12.3 Å². The third kappa shape index (κ3) is 1.91. The predicted molar refractivity (Wildman–Crippen MR) is 65.7 cm³/mol. The SMILES string of the molecule is COc1cc(C)c(-c2cccnc2)c(C)c1. The summed E-state index contributed by atoms with van der Waals surface area (Å²) < 4.78 is 5.25.